The first-order valence-electron chi connectivity index (χ1n) is 3.72. The Morgan fingerprint density at radius 2 is 2.08 bits per heavy atom. The molecule has 2 rings (SSSR count). The number of nitrogens with zero attached hydrogens (tertiary/aromatic N) is 2. The highest BCUT2D eigenvalue weighted by atomic mass is 79.9. The average Bonchev–Trinajstić information content (AvgIpc) is 2.52. The smallest absolute Gasteiger partial charge is 0.147 e. The molecule has 0 atom stereocenters. The lowest BCUT2D eigenvalue weighted by molar-refractivity contribution is 0.617. The van der Waals surface area contributed by atoms with Gasteiger partial charge >= 0.3 is 0 Å². The highest BCUT2D eigenvalue weighted by Crippen LogP contribution is 2.18. The van der Waals surface area contributed by atoms with Gasteiger partial charge in [-0.3, -0.25) is 4.57 Å². The maximum absolute atomic E-state index is 13.3. The van der Waals surface area contributed by atoms with Crippen LogP contribution in [0.4, 0.5) is 4.39 Å². The normalized spacial score (nSPS) is 10.3. The molecule has 13 heavy (non-hydrogen) atoms. The molecule has 1 heterocycles. The number of hydrogen-bond donors (Lipinski definition) is 0. The maximum Gasteiger partial charge on any atom is 0.147 e. The lowest BCUT2D eigenvalue weighted by Crippen LogP contribution is -1.95. The molecule has 0 fully saturated rings. The van der Waals surface area contributed by atoms with Crippen LogP contribution in [0.2, 0.25) is 0 Å². The molecule has 0 saturated carbocycles. The van der Waals surface area contributed by atoms with Crippen molar-refractivity contribution in [3.63, 3.8) is 0 Å². The molecule has 66 valence electrons. The molecule has 0 spiro atoms. The summed E-state index contributed by atoms with van der Waals surface area (Å²) < 4.78 is 15.6. The number of halogens is 2. The Labute approximate surface area is 83.2 Å². The average molecular weight is 241 g/mol. The van der Waals surface area contributed by atoms with Crippen LogP contribution in [0.15, 0.2) is 41.4 Å². The van der Waals surface area contributed by atoms with Gasteiger partial charge in [0.1, 0.15) is 16.7 Å². The maximum atomic E-state index is 13.3. The molecule has 0 N–H and O–H groups in total. The minimum absolute atomic E-state index is 0.263. The second kappa shape index (κ2) is 3.30. The van der Waals surface area contributed by atoms with Crippen molar-refractivity contribution in [1.82, 2.24) is 9.55 Å². The molecular formula is C9H6BrFN2. The van der Waals surface area contributed by atoms with E-state index < -0.39 is 0 Å². The number of rotatable bonds is 1. The van der Waals surface area contributed by atoms with Gasteiger partial charge in [0.15, 0.2) is 0 Å². The van der Waals surface area contributed by atoms with E-state index in [-0.39, 0.29) is 5.82 Å². The first-order chi connectivity index (χ1) is 6.29. The van der Waals surface area contributed by atoms with Crippen LogP contribution in [0.5, 0.6) is 0 Å². The fourth-order valence-electron chi connectivity index (χ4n) is 1.10. The Morgan fingerprint density at radius 1 is 1.31 bits per heavy atom. The highest BCUT2D eigenvalue weighted by molar-refractivity contribution is 9.10. The fraction of sp³-hybridized carbons (Fsp3) is 0. The van der Waals surface area contributed by atoms with E-state index in [1.165, 1.54) is 6.07 Å². The molecule has 0 radical (unpaired) electrons. The molecule has 0 bridgehead atoms. The SMILES string of the molecule is Fc1ccccc1-n1cncc1Br. The fourth-order valence-corrected chi connectivity index (χ4v) is 1.50. The van der Waals surface area contributed by atoms with Crippen molar-refractivity contribution in [2.24, 2.45) is 0 Å². The monoisotopic (exact) mass is 240 g/mol. The van der Waals surface area contributed by atoms with E-state index in [0.29, 0.717) is 5.69 Å². The largest absolute Gasteiger partial charge is 0.290 e. The zero-order valence-electron chi connectivity index (χ0n) is 6.61. The lowest BCUT2D eigenvalue weighted by atomic mass is 10.3. The molecule has 1 aromatic heterocycles. The summed E-state index contributed by atoms with van der Waals surface area (Å²) in [5.41, 5.74) is 0.492. The van der Waals surface area contributed by atoms with Crippen LogP contribution < -0.4 is 0 Å². The van der Waals surface area contributed by atoms with Crippen LogP contribution in [-0.2, 0) is 0 Å². The number of hydrogen-bond acceptors (Lipinski definition) is 1. The molecule has 0 aliphatic heterocycles. The summed E-state index contributed by atoms with van der Waals surface area (Å²) in [5, 5.41) is 0. The second-order valence-electron chi connectivity index (χ2n) is 2.54. The Hall–Kier alpha value is -1.16. The minimum atomic E-state index is -0.263. The summed E-state index contributed by atoms with van der Waals surface area (Å²) in [7, 11) is 0. The number of benzene rings is 1. The van der Waals surface area contributed by atoms with Crippen LogP contribution in [-0.4, -0.2) is 9.55 Å². The van der Waals surface area contributed by atoms with Gasteiger partial charge in [-0.25, -0.2) is 9.37 Å². The van der Waals surface area contributed by atoms with E-state index in [0.717, 1.165) is 4.60 Å². The van der Waals surface area contributed by atoms with Gasteiger partial charge in [0.25, 0.3) is 0 Å². The van der Waals surface area contributed by atoms with Gasteiger partial charge in [-0.15, -0.1) is 0 Å². The molecule has 0 unspecified atom stereocenters. The van der Waals surface area contributed by atoms with Crippen molar-refractivity contribution < 1.29 is 4.39 Å². The topological polar surface area (TPSA) is 17.8 Å². The van der Waals surface area contributed by atoms with Gasteiger partial charge in [-0.05, 0) is 28.1 Å². The Bertz CT molecular complexity index is 425. The lowest BCUT2D eigenvalue weighted by Gasteiger charge is -2.03. The summed E-state index contributed by atoms with van der Waals surface area (Å²) >= 11 is 3.27. The van der Waals surface area contributed by atoms with E-state index in [1.54, 1.807) is 35.3 Å². The van der Waals surface area contributed by atoms with E-state index >= 15 is 0 Å². The molecule has 1 aromatic carbocycles. The Balaban J connectivity index is 2.59. The Morgan fingerprint density at radius 3 is 2.69 bits per heavy atom. The predicted octanol–water partition coefficient (Wildman–Crippen LogP) is 2.77. The number of aromatic nitrogens is 2. The van der Waals surface area contributed by atoms with Crippen molar-refractivity contribution >= 4 is 15.9 Å². The van der Waals surface area contributed by atoms with Gasteiger partial charge in [0.05, 0.1) is 11.9 Å². The van der Waals surface area contributed by atoms with Crippen LogP contribution in [0.25, 0.3) is 5.69 Å². The van der Waals surface area contributed by atoms with E-state index in [9.17, 15) is 4.39 Å². The standard InChI is InChI=1S/C9H6BrFN2/c10-9-5-12-6-13(9)8-4-2-1-3-7(8)11/h1-6H. The summed E-state index contributed by atoms with van der Waals surface area (Å²) in [6.07, 6.45) is 3.18. The predicted molar refractivity (Wildman–Crippen MR) is 51.2 cm³/mol. The summed E-state index contributed by atoms with van der Waals surface area (Å²) in [5.74, 6) is -0.263. The van der Waals surface area contributed by atoms with E-state index in [1.807, 2.05) is 0 Å². The third-order valence-electron chi connectivity index (χ3n) is 1.71. The summed E-state index contributed by atoms with van der Waals surface area (Å²) in [6.45, 7) is 0. The van der Waals surface area contributed by atoms with Gasteiger partial charge in [0, 0.05) is 0 Å². The van der Waals surface area contributed by atoms with Crippen molar-refractivity contribution in [1.29, 1.82) is 0 Å². The van der Waals surface area contributed by atoms with Crippen molar-refractivity contribution in [3.05, 3.63) is 47.2 Å². The first kappa shape index (κ1) is 8.44. The molecule has 4 heteroatoms. The zero-order valence-corrected chi connectivity index (χ0v) is 8.20. The van der Waals surface area contributed by atoms with Gasteiger partial charge in [0.2, 0.25) is 0 Å². The molecule has 0 aliphatic carbocycles. The molecular weight excluding hydrogens is 235 g/mol. The van der Waals surface area contributed by atoms with Gasteiger partial charge < -0.3 is 0 Å². The van der Waals surface area contributed by atoms with Crippen LogP contribution >= 0.6 is 15.9 Å². The molecule has 0 amide bonds. The minimum Gasteiger partial charge on any atom is -0.290 e. The molecule has 2 nitrogen and oxygen atoms in total. The van der Waals surface area contributed by atoms with Crippen LogP contribution in [0.1, 0.15) is 0 Å². The summed E-state index contributed by atoms with van der Waals surface area (Å²) in [4.78, 5) is 3.89. The third-order valence-corrected chi connectivity index (χ3v) is 2.29. The third kappa shape index (κ3) is 1.49. The van der Waals surface area contributed by atoms with Crippen LogP contribution in [0, 0.1) is 5.82 Å². The zero-order chi connectivity index (χ0) is 9.26. The first-order valence-corrected chi connectivity index (χ1v) is 4.51. The number of para-hydroxylation sites is 1. The highest BCUT2D eigenvalue weighted by Gasteiger charge is 2.05. The summed E-state index contributed by atoms with van der Waals surface area (Å²) in [6, 6.07) is 6.55. The van der Waals surface area contributed by atoms with E-state index in [4.69, 9.17) is 0 Å². The van der Waals surface area contributed by atoms with Crippen molar-refractivity contribution in [2.75, 3.05) is 0 Å². The van der Waals surface area contributed by atoms with Gasteiger partial charge in [-0.2, -0.15) is 0 Å². The van der Waals surface area contributed by atoms with Crippen molar-refractivity contribution in [3.8, 4) is 5.69 Å². The second-order valence-corrected chi connectivity index (χ2v) is 3.35. The molecule has 0 saturated heterocycles. The quantitative estimate of drug-likeness (QED) is 0.750. The van der Waals surface area contributed by atoms with Crippen molar-refractivity contribution in [2.45, 2.75) is 0 Å². The van der Waals surface area contributed by atoms with E-state index in [2.05, 4.69) is 20.9 Å². The molecule has 2 aromatic rings. The Kier molecular flexibility index (Phi) is 2.14. The molecule has 0 aliphatic rings. The number of imidazole rings is 1. The van der Waals surface area contributed by atoms with Crippen LogP contribution in [0.3, 0.4) is 0 Å². The van der Waals surface area contributed by atoms with Gasteiger partial charge in [-0.1, -0.05) is 12.1 Å².